The molecule has 1 aliphatic carbocycles. The van der Waals surface area contributed by atoms with E-state index in [1.54, 1.807) is 6.66 Å². The van der Waals surface area contributed by atoms with Crippen LogP contribution in [-0.2, 0) is 28.6 Å². The molecule has 0 heterocycles. The molecule has 0 aliphatic heterocycles. The minimum absolute atomic E-state index is 0. The Morgan fingerprint density at radius 3 is 2.27 bits per heavy atom. The molecule has 0 aromatic carbocycles. The van der Waals surface area contributed by atoms with Gasteiger partial charge < -0.3 is 0 Å². The van der Waals surface area contributed by atoms with Crippen LogP contribution in [0.4, 0.5) is 0 Å². The predicted octanol–water partition coefficient (Wildman–Crippen LogP) is 2.71. The van der Waals surface area contributed by atoms with Gasteiger partial charge in [0.25, 0.3) is 0 Å². The van der Waals surface area contributed by atoms with Crippen molar-refractivity contribution in [1.29, 1.82) is 0 Å². The van der Waals surface area contributed by atoms with Gasteiger partial charge in [0.2, 0.25) is 0 Å². The Kier molecular flexibility index (Phi) is 6.61. The van der Waals surface area contributed by atoms with Crippen molar-refractivity contribution < 1.29 is 28.6 Å². The average molecular weight is 227 g/mol. The zero-order valence-corrected chi connectivity index (χ0v) is 10.9. The second kappa shape index (κ2) is 6.23. The van der Waals surface area contributed by atoms with Gasteiger partial charge in [-0.25, -0.2) is 0 Å². The molecule has 0 N–H and O–H groups in total. The van der Waals surface area contributed by atoms with Crippen molar-refractivity contribution in [2.45, 2.75) is 38.2 Å². The Balaban J connectivity index is 0.000001000. The smallest absolute Gasteiger partial charge is 0.143 e. The fourth-order valence-corrected chi connectivity index (χ4v) is 2.01. The third-order valence-electron chi connectivity index (χ3n) is 1.85. The quantitative estimate of drug-likeness (QED) is 0.535. The molecule has 1 saturated carbocycles. The van der Waals surface area contributed by atoms with E-state index >= 15 is 0 Å². The van der Waals surface area contributed by atoms with Crippen molar-refractivity contribution >= 4 is 8.03 Å². The molecule has 4 heteroatoms. The summed E-state index contributed by atoms with van der Waals surface area (Å²) >= 11 is 0. The largest absolute Gasteiger partial charge is 0.505 e. The van der Waals surface area contributed by atoms with Crippen molar-refractivity contribution in [1.82, 2.24) is 0 Å². The van der Waals surface area contributed by atoms with E-state index in [1.165, 1.54) is 19.3 Å². The minimum atomic E-state index is -1.37. The van der Waals surface area contributed by atoms with Gasteiger partial charge in [-0.3, -0.25) is 0 Å². The van der Waals surface area contributed by atoms with Crippen LogP contribution in [0.25, 0.3) is 0 Å². The molecule has 0 aromatic rings. The molecule has 0 aromatic heterocycles. The zero-order chi connectivity index (χ0) is 7.40. The Bertz CT molecular complexity index is 124. The first-order valence-corrected chi connectivity index (χ1v) is 5.49. The van der Waals surface area contributed by atoms with E-state index < -0.39 is 8.03 Å². The van der Waals surface area contributed by atoms with E-state index in [0.717, 1.165) is 12.8 Å². The van der Waals surface area contributed by atoms with Crippen molar-refractivity contribution in [3.8, 4) is 0 Å². The summed E-state index contributed by atoms with van der Waals surface area (Å²) in [5.74, 6) is 0. The molecule has 1 aliphatic rings. The molecule has 1 rings (SSSR count). The number of hydrogen-bond donors (Lipinski definition) is 0. The first kappa shape index (κ1) is 11.7. The van der Waals surface area contributed by atoms with Gasteiger partial charge in [0.1, 0.15) is 6.10 Å². The van der Waals surface area contributed by atoms with Crippen LogP contribution in [0, 0.1) is 0 Å². The Morgan fingerprint density at radius 1 is 1.27 bits per heavy atom. The third-order valence-corrected chi connectivity index (χ3v) is 2.44. The summed E-state index contributed by atoms with van der Waals surface area (Å²) in [5, 5.41) is 0. The minimum Gasteiger partial charge on any atom is -0.143 e. The summed E-state index contributed by atoms with van der Waals surface area (Å²) in [5.41, 5.74) is 0. The summed E-state index contributed by atoms with van der Waals surface area (Å²) in [6, 6.07) is 0. The zero-order valence-electron chi connectivity index (χ0n) is 7.08. The molecule has 0 bridgehead atoms. The van der Waals surface area contributed by atoms with Gasteiger partial charge in [0.15, 0.2) is 6.66 Å². The fraction of sp³-hybridized carbons (Fsp3) is 1.00. The summed E-state index contributed by atoms with van der Waals surface area (Å²) < 4.78 is 15.8. The van der Waals surface area contributed by atoms with Gasteiger partial charge in [0.05, 0.1) is 0 Å². The molecule has 1 atom stereocenters. The first-order valence-electron chi connectivity index (χ1n) is 3.86. The molecule has 0 amide bonds. The van der Waals surface area contributed by atoms with E-state index in [9.17, 15) is 4.57 Å². The molecule has 1 fully saturated rings. The van der Waals surface area contributed by atoms with Gasteiger partial charge in [-0.05, 0) is 17.4 Å². The molecule has 1 unspecified atom stereocenters. The van der Waals surface area contributed by atoms with Gasteiger partial charge in [0, 0.05) is 19.5 Å². The van der Waals surface area contributed by atoms with Gasteiger partial charge in [-0.1, -0.05) is 19.3 Å². The number of hydrogen-bond acceptors (Lipinski definition) is 2. The second-order valence-corrected chi connectivity index (χ2v) is 3.90. The van der Waals surface area contributed by atoms with Crippen LogP contribution in [0.2, 0.25) is 0 Å². The molecule has 0 radical (unpaired) electrons. The van der Waals surface area contributed by atoms with Crippen molar-refractivity contribution in [2.24, 2.45) is 0 Å². The van der Waals surface area contributed by atoms with Crippen LogP contribution in [0.1, 0.15) is 32.1 Å². The van der Waals surface area contributed by atoms with Gasteiger partial charge in [-0.2, -0.15) is 0 Å². The molecular formula is C7H14O2PZn+. The summed E-state index contributed by atoms with van der Waals surface area (Å²) in [7, 11) is -1.37. The molecule has 60 valence electrons. The van der Waals surface area contributed by atoms with Crippen LogP contribution < -0.4 is 0 Å². The van der Waals surface area contributed by atoms with E-state index in [1.807, 2.05) is 0 Å². The SMILES string of the molecule is C[P+](=O)OC1CCCCC1.[Zn]. The van der Waals surface area contributed by atoms with Crippen LogP contribution in [-0.4, -0.2) is 12.8 Å². The fourth-order valence-electron chi connectivity index (χ4n) is 1.38. The van der Waals surface area contributed by atoms with E-state index in [0.29, 0.717) is 6.10 Å². The van der Waals surface area contributed by atoms with E-state index in [4.69, 9.17) is 4.52 Å². The number of rotatable bonds is 2. The van der Waals surface area contributed by atoms with Gasteiger partial charge in [-0.15, -0.1) is 4.52 Å². The predicted molar refractivity (Wildman–Crippen MR) is 41.5 cm³/mol. The Labute approximate surface area is 81.7 Å². The summed E-state index contributed by atoms with van der Waals surface area (Å²) in [4.78, 5) is 0. The maximum atomic E-state index is 10.6. The van der Waals surface area contributed by atoms with Crippen LogP contribution >= 0.6 is 8.03 Å². The molecule has 0 saturated heterocycles. The van der Waals surface area contributed by atoms with Crippen LogP contribution in [0.3, 0.4) is 0 Å². The van der Waals surface area contributed by atoms with Crippen LogP contribution in [0.5, 0.6) is 0 Å². The first-order chi connectivity index (χ1) is 4.79. The van der Waals surface area contributed by atoms with Gasteiger partial charge >= 0.3 is 8.03 Å². The summed E-state index contributed by atoms with van der Waals surface area (Å²) in [6.07, 6.45) is 6.31. The Morgan fingerprint density at radius 2 is 1.82 bits per heavy atom. The van der Waals surface area contributed by atoms with Crippen molar-refractivity contribution in [2.75, 3.05) is 6.66 Å². The normalized spacial score (nSPS) is 20.6. The maximum Gasteiger partial charge on any atom is 0.505 e. The molecule has 2 nitrogen and oxygen atoms in total. The molecular weight excluding hydrogens is 212 g/mol. The molecule has 0 spiro atoms. The standard InChI is InChI=1S/C7H14O2P.Zn/c1-10(8)9-7-5-3-2-4-6-7;/h7H,2-6H2,1H3;/q+1;. The third kappa shape index (κ3) is 5.01. The van der Waals surface area contributed by atoms with Crippen molar-refractivity contribution in [3.63, 3.8) is 0 Å². The average Bonchev–Trinajstić information content (AvgIpc) is 1.88. The molecule has 11 heavy (non-hydrogen) atoms. The maximum absolute atomic E-state index is 10.6. The second-order valence-electron chi connectivity index (χ2n) is 2.81. The Hall–Kier alpha value is 0.683. The van der Waals surface area contributed by atoms with E-state index in [-0.39, 0.29) is 19.5 Å². The topological polar surface area (TPSA) is 26.3 Å². The van der Waals surface area contributed by atoms with Crippen molar-refractivity contribution in [3.05, 3.63) is 0 Å². The monoisotopic (exact) mass is 225 g/mol. The van der Waals surface area contributed by atoms with E-state index in [2.05, 4.69) is 0 Å². The van der Waals surface area contributed by atoms with Crippen LogP contribution in [0.15, 0.2) is 0 Å². The summed E-state index contributed by atoms with van der Waals surface area (Å²) in [6.45, 7) is 1.63.